The minimum absolute atomic E-state index is 0.0160. The fourth-order valence-electron chi connectivity index (χ4n) is 4.06. The highest BCUT2D eigenvalue weighted by Crippen LogP contribution is 2.60. The number of fused-ring (bicyclic) bond motifs is 4. The van der Waals surface area contributed by atoms with Crippen LogP contribution in [0.1, 0.15) is 43.7 Å². The maximum absolute atomic E-state index is 9.00. The van der Waals surface area contributed by atoms with Crippen LogP contribution < -0.4 is 0 Å². The number of nitrogens with zero attached hydrogens (tertiary/aromatic N) is 2. The van der Waals surface area contributed by atoms with Gasteiger partial charge in [-0.25, -0.2) is 0 Å². The summed E-state index contributed by atoms with van der Waals surface area (Å²) >= 11 is 0. The van der Waals surface area contributed by atoms with E-state index < -0.39 is 0 Å². The number of hydrogen-bond acceptors (Lipinski definition) is 4. The average Bonchev–Trinajstić information content (AvgIpc) is 3.12. The lowest BCUT2D eigenvalue weighted by Crippen LogP contribution is -2.65. The highest BCUT2D eigenvalue weighted by molar-refractivity contribution is 5.39. The van der Waals surface area contributed by atoms with Crippen molar-refractivity contribution in [2.75, 3.05) is 0 Å². The van der Waals surface area contributed by atoms with E-state index in [1.807, 2.05) is 12.1 Å². The Morgan fingerprint density at radius 3 is 2.91 bits per heavy atom. The van der Waals surface area contributed by atoms with Crippen molar-refractivity contribution in [1.29, 1.82) is 5.26 Å². The monoisotopic (exact) mass is 296 g/mol. The summed E-state index contributed by atoms with van der Waals surface area (Å²) in [5.41, 5.74) is 1.80. The van der Waals surface area contributed by atoms with Crippen molar-refractivity contribution in [3.8, 4) is 6.07 Å². The van der Waals surface area contributed by atoms with Gasteiger partial charge in [-0.15, -0.1) is 5.06 Å². The van der Waals surface area contributed by atoms with Gasteiger partial charge in [0.05, 0.1) is 35.5 Å². The summed E-state index contributed by atoms with van der Waals surface area (Å²) < 4.78 is 5.68. The van der Waals surface area contributed by atoms with Gasteiger partial charge in [-0.2, -0.15) is 5.26 Å². The van der Waals surface area contributed by atoms with Gasteiger partial charge in [0.25, 0.3) is 0 Å². The summed E-state index contributed by atoms with van der Waals surface area (Å²) in [5.74, 6) is 0.340. The molecule has 3 aliphatic heterocycles. The molecule has 0 bridgehead atoms. The van der Waals surface area contributed by atoms with Crippen LogP contribution in [0.4, 0.5) is 0 Å². The molecule has 0 radical (unpaired) electrons. The summed E-state index contributed by atoms with van der Waals surface area (Å²) in [6.07, 6.45) is 8.69. The van der Waals surface area contributed by atoms with E-state index in [0.29, 0.717) is 11.5 Å². The number of hydroxylamine groups is 2. The Balaban J connectivity index is 1.66. The molecule has 0 unspecified atom stereocenters. The number of benzene rings is 1. The van der Waals surface area contributed by atoms with Crippen LogP contribution in [-0.2, 0) is 15.1 Å². The second kappa shape index (κ2) is 5.12. The molecular weight excluding hydrogens is 276 g/mol. The van der Waals surface area contributed by atoms with Crippen LogP contribution in [0.25, 0.3) is 0 Å². The first-order valence-corrected chi connectivity index (χ1v) is 8.08. The molecule has 0 aliphatic carbocycles. The predicted octanol–water partition coefficient (Wildman–Crippen LogP) is 3.45. The third-order valence-electron chi connectivity index (χ3n) is 5.18. The minimum Gasteiger partial charge on any atom is -0.480 e. The van der Waals surface area contributed by atoms with Crippen molar-refractivity contribution in [2.45, 2.75) is 50.5 Å². The lowest BCUT2D eigenvalue weighted by molar-refractivity contribution is -0.344. The second-order valence-corrected chi connectivity index (χ2v) is 6.39. The van der Waals surface area contributed by atoms with E-state index in [-0.39, 0.29) is 17.9 Å². The number of rotatable bonds is 4. The van der Waals surface area contributed by atoms with Crippen molar-refractivity contribution in [2.24, 2.45) is 5.92 Å². The molecule has 0 N–H and O–H groups in total. The number of ether oxygens (including phenoxy) is 1. The zero-order valence-corrected chi connectivity index (χ0v) is 12.7. The Hall–Kier alpha value is -1.83. The Morgan fingerprint density at radius 1 is 1.36 bits per heavy atom. The predicted molar refractivity (Wildman–Crippen MR) is 81.2 cm³/mol. The Bertz CT molecular complexity index is 633. The lowest BCUT2D eigenvalue weighted by Gasteiger charge is -2.54. The molecular formula is C18H20N2O2. The van der Waals surface area contributed by atoms with Crippen molar-refractivity contribution in [1.82, 2.24) is 5.06 Å². The molecule has 1 aromatic carbocycles. The molecule has 22 heavy (non-hydrogen) atoms. The first-order chi connectivity index (χ1) is 10.8. The molecule has 2 saturated heterocycles. The molecule has 1 aromatic rings. The zero-order chi connectivity index (χ0) is 15.2. The van der Waals surface area contributed by atoms with Crippen LogP contribution in [0, 0.1) is 17.2 Å². The van der Waals surface area contributed by atoms with Crippen molar-refractivity contribution < 1.29 is 9.57 Å². The quantitative estimate of drug-likeness (QED) is 0.853. The van der Waals surface area contributed by atoms with Crippen LogP contribution in [0.5, 0.6) is 0 Å². The molecule has 3 aliphatic rings. The molecule has 2 fully saturated rings. The smallest absolute Gasteiger partial charge is 0.182 e. The van der Waals surface area contributed by atoms with E-state index in [9.17, 15) is 0 Å². The summed E-state index contributed by atoms with van der Waals surface area (Å²) in [5, 5.41) is 11.1. The summed E-state index contributed by atoms with van der Waals surface area (Å²) in [4.78, 5) is 6.19. The molecule has 4 atom stereocenters. The van der Waals surface area contributed by atoms with Crippen LogP contribution in [0.3, 0.4) is 0 Å². The first-order valence-electron chi connectivity index (χ1n) is 8.08. The molecule has 3 heterocycles. The van der Waals surface area contributed by atoms with Gasteiger partial charge in [-0.1, -0.05) is 31.9 Å². The van der Waals surface area contributed by atoms with Crippen LogP contribution in [-0.4, -0.2) is 17.4 Å². The van der Waals surface area contributed by atoms with E-state index in [1.54, 1.807) is 6.26 Å². The van der Waals surface area contributed by atoms with Crippen molar-refractivity contribution >= 4 is 0 Å². The fraction of sp³-hybridized carbons (Fsp3) is 0.500. The Labute approximate surface area is 130 Å². The lowest BCUT2D eigenvalue weighted by atomic mass is 9.67. The maximum atomic E-state index is 9.00. The fourth-order valence-corrected chi connectivity index (χ4v) is 4.06. The van der Waals surface area contributed by atoms with Crippen molar-refractivity contribution in [3.05, 3.63) is 47.7 Å². The van der Waals surface area contributed by atoms with E-state index in [1.165, 1.54) is 18.4 Å². The van der Waals surface area contributed by atoms with Gasteiger partial charge >= 0.3 is 0 Å². The highest BCUT2D eigenvalue weighted by Gasteiger charge is 2.68. The highest BCUT2D eigenvalue weighted by atomic mass is 16.7. The van der Waals surface area contributed by atoms with Gasteiger partial charge in [0, 0.05) is 6.42 Å². The molecule has 114 valence electrons. The van der Waals surface area contributed by atoms with E-state index in [2.05, 4.69) is 36.3 Å². The van der Waals surface area contributed by atoms with Gasteiger partial charge in [0.1, 0.15) is 0 Å². The summed E-state index contributed by atoms with van der Waals surface area (Å²) in [6, 6.07) is 10.1. The SMILES string of the molecule is CCCC[C@@H]1C[C@@]2(c3ccc(C#N)cc3)[C@@H]3C=CO[C@@H]3N2O1. The van der Waals surface area contributed by atoms with E-state index in [4.69, 9.17) is 14.8 Å². The van der Waals surface area contributed by atoms with Gasteiger partial charge in [-0.05, 0) is 30.2 Å². The van der Waals surface area contributed by atoms with Gasteiger partial charge < -0.3 is 4.74 Å². The van der Waals surface area contributed by atoms with Crippen LogP contribution >= 0.6 is 0 Å². The topological polar surface area (TPSA) is 45.5 Å². The number of unbranched alkanes of at least 4 members (excludes halogenated alkanes) is 1. The first kappa shape index (κ1) is 13.8. The number of nitriles is 1. The van der Waals surface area contributed by atoms with Gasteiger partial charge in [0.15, 0.2) is 6.23 Å². The van der Waals surface area contributed by atoms with E-state index >= 15 is 0 Å². The minimum atomic E-state index is -0.121. The second-order valence-electron chi connectivity index (χ2n) is 6.39. The summed E-state index contributed by atoms with van der Waals surface area (Å²) in [6.45, 7) is 2.21. The van der Waals surface area contributed by atoms with Gasteiger partial charge in [0.2, 0.25) is 0 Å². The third kappa shape index (κ3) is 1.76. The van der Waals surface area contributed by atoms with Crippen LogP contribution in [0.2, 0.25) is 0 Å². The van der Waals surface area contributed by atoms with E-state index in [0.717, 1.165) is 12.8 Å². The Kier molecular flexibility index (Phi) is 3.21. The summed E-state index contributed by atoms with van der Waals surface area (Å²) in [7, 11) is 0. The largest absolute Gasteiger partial charge is 0.480 e. The molecule has 0 saturated carbocycles. The molecule has 0 spiro atoms. The zero-order valence-electron chi connectivity index (χ0n) is 12.7. The van der Waals surface area contributed by atoms with Gasteiger partial charge in [-0.3, -0.25) is 4.84 Å². The maximum Gasteiger partial charge on any atom is 0.182 e. The molecule has 4 nitrogen and oxygen atoms in total. The molecule has 4 heteroatoms. The average molecular weight is 296 g/mol. The Morgan fingerprint density at radius 2 is 2.18 bits per heavy atom. The normalized spacial score (nSPS) is 35.4. The molecule has 0 amide bonds. The molecule has 0 aromatic heterocycles. The molecule has 4 rings (SSSR count). The standard InChI is InChI=1S/C18H20N2O2/c1-2-3-4-15-11-18(14-7-5-13(12-19)6-8-14)16-9-10-21-17(16)20(18)22-15/h5-10,15-17H,2-4,11H2,1H3/t15-,16-,17+,18-/m1/s1. The van der Waals surface area contributed by atoms with Crippen molar-refractivity contribution in [3.63, 3.8) is 0 Å². The number of hydrogen-bond donors (Lipinski definition) is 0. The third-order valence-corrected chi connectivity index (χ3v) is 5.18. The van der Waals surface area contributed by atoms with Crippen LogP contribution in [0.15, 0.2) is 36.6 Å².